The molecule has 0 radical (unpaired) electrons. The van der Waals surface area contributed by atoms with Gasteiger partial charge in [-0.2, -0.15) is 0 Å². The number of aromatic nitrogens is 3. The lowest BCUT2D eigenvalue weighted by molar-refractivity contribution is 0.266. The fourth-order valence-corrected chi connectivity index (χ4v) is 1.60. The Morgan fingerprint density at radius 1 is 1.50 bits per heavy atom. The predicted molar refractivity (Wildman–Crippen MR) is 40.0 cm³/mol. The molecule has 1 rings (SSSR count). The van der Waals surface area contributed by atoms with Crippen LogP contribution in [0.25, 0.3) is 0 Å². The summed E-state index contributed by atoms with van der Waals surface area (Å²) in [5.74, 6) is 0.232. The summed E-state index contributed by atoms with van der Waals surface area (Å²) in [6, 6.07) is 0. The van der Waals surface area contributed by atoms with E-state index in [0.717, 1.165) is 6.26 Å². The van der Waals surface area contributed by atoms with Crippen molar-refractivity contribution in [2.45, 2.75) is 11.8 Å². The molecule has 0 saturated carbocycles. The molecule has 0 saturated heterocycles. The van der Waals surface area contributed by atoms with E-state index in [-0.39, 0.29) is 17.6 Å². The summed E-state index contributed by atoms with van der Waals surface area (Å²) in [6.07, 6.45) is 1.04. The summed E-state index contributed by atoms with van der Waals surface area (Å²) in [7, 11) is -1.86. The van der Waals surface area contributed by atoms with Crippen LogP contribution < -0.4 is 0 Å². The first-order chi connectivity index (χ1) is 5.46. The van der Waals surface area contributed by atoms with Gasteiger partial charge >= 0.3 is 0 Å². The molecule has 6 nitrogen and oxygen atoms in total. The molecular formula is C5H9N3O3S. The van der Waals surface area contributed by atoms with Crippen LogP contribution in [0.4, 0.5) is 0 Å². The van der Waals surface area contributed by atoms with Crippen molar-refractivity contribution in [1.29, 1.82) is 0 Å². The second-order valence-electron chi connectivity index (χ2n) is 2.39. The molecule has 0 aliphatic rings. The zero-order valence-corrected chi connectivity index (χ0v) is 7.54. The lowest BCUT2D eigenvalue weighted by atomic mass is 10.6. The van der Waals surface area contributed by atoms with E-state index in [1.165, 1.54) is 11.6 Å². The number of aliphatic hydroxyl groups is 1. The van der Waals surface area contributed by atoms with Gasteiger partial charge in [-0.3, -0.25) is 0 Å². The molecule has 12 heavy (non-hydrogen) atoms. The molecule has 0 fully saturated rings. The van der Waals surface area contributed by atoms with E-state index in [1.807, 2.05) is 0 Å². The van der Waals surface area contributed by atoms with Gasteiger partial charge in [0, 0.05) is 13.3 Å². The van der Waals surface area contributed by atoms with Crippen molar-refractivity contribution in [1.82, 2.24) is 14.8 Å². The maximum Gasteiger partial charge on any atom is 0.249 e. The van der Waals surface area contributed by atoms with Crippen LogP contribution in [0.2, 0.25) is 0 Å². The maximum absolute atomic E-state index is 11.0. The van der Waals surface area contributed by atoms with Gasteiger partial charge in [0.05, 0.1) is 0 Å². The molecule has 0 aliphatic heterocycles. The van der Waals surface area contributed by atoms with Gasteiger partial charge in [-0.15, -0.1) is 10.2 Å². The fourth-order valence-electron chi connectivity index (χ4n) is 0.806. The highest BCUT2D eigenvalue weighted by Gasteiger charge is 2.16. The summed E-state index contributed by atoms with van der Waals surface area (Å²) >= 11 is 0. The van der Waals surface area contributed by atoms with Crippen molar-refractivity contribution in [3.63, 3.8) is 0 Å². The van der Waals surface area contributed by atoms with E-state index in [2.05, 4.69) is 10.2 Å². The number of sulfone groups is 1. The third-order valence-electron chi connectivity index (χ3n) is 1.40. The van der Waals surface area contributed by atoms with Crippen LogP contribution >= 0.6 is 0 Å². The summed E-state index contributed by atoms with van der Waals surface area (Å²) in [6.45, 7) is -0.320. The van der Waals surface area contributed by atoms with Gasteiger partial charge in [-0.25, -0.2) is 8.42 Å². The molecule has 68 valence electrons. The Morgan fingerprint density at radius 3 is 2.33 bits per heavy atom. The number of rotatable bonds is 2. The Bertz CT molecular complexity index is 381. The van der Waals surface area contributed by atoms with Crippen LogP contribution in [0, 0.1) is 0 Å². The molecule has 0 aromatic carbocycles. The average molecular weight is 191 g/mol. The largest absolute Gasteiger partial charge is 0.388 e. The first-order valence-corrected chi connectivity index (χ1v) is 5.05. The fraction of sp³-hybridized carbons (Fsp3) is 0.600. The lowest BCUT2D eigenvalue weighted by Gasteiger charge is -1.98. The van der Waals surface area contributed by atoms with Gasteiger partial charge < -0.3 is 9.67 Å². The monoisotopic (exact) mass is 191 g/mol. The van der Waals surface area contributed by atoms with E-state index in [1.54, 1.807) is 0 Å². The van der Waals surface area contributed by atoms with E-state index in [9.17, 15) is 8.42 Å². The molecule has 0 amide bonds. The molecule has 1 N–H and O–H groups in total. The average Bonchev–Trinajstić information content (AvgIpc) is 2.29. The second kappa shape index (κ2) is 2.83. The minimum Gasteiger partial charge on any atom is -0.388 e. The molecule has 0 bridgehead atoms. The van der Waals surface area contributed by atoms with Crippen LogP contribution in [-0.4, -0.2) is 34.5 Å². The van der Waals surface area contributed by atoms with Crippen molar-refractivity contribution in [3.05, 3.63) is 5.82 Å². The standard InChI is InChI=1S/C5H9N3O3S/c1-8-4(3-9)6-7-5(8)12(2,10)11/h9H,3H2,1-2H3. The van der Waals surface area contributed by atoms with Crippen molar-refractivity contribution >= 4 is 9.84 Å². The first-order valence-electron chi connectivity index (χ1n) is 3.16. The number of nitrogens with zero attached hydrogens (tertiary/aromatic N) is 3. The number of hydrogen-bond donors (Lipinski definition) is 1. The highest BCUT2D eigenvalue weighted by Crippen LogP contribution is 2.05. The van der Waals surface area contributed by atoms with E-state index in [4.69, 9.17) is 5.11 Å². The van der Waals surface area contributed by atoms with Crippen LogP contribution in [-0.2, 0) is 23.5 Å². The Morgan fingerprint density at radius 2 is 2.08 bits per heavy atom. The zero-order valence-electron chi connectivity index (χ0n) is 6.72. The molecule has 1 aromatic rings. The van der Waals surface area contributed by atoms with Crippen molar-refractivity contribution in [2.24, 2.45) is 7.05 Å². The third kappa shape index (κ3) is 1.46. The lowest BCUT2D eigenvalue weighted by Crippen LogP contribution is -2.07. The summed E-state index contributed by atoms with van der Waals surface area (Å²) in [4.78, 5) is 0. The number of aliphatic hydroxyl groups excluding tert-OH is 1. The van der Waals surface area contributed by atoms with Gasteiger partial charge in [0.25, 0.3) is 0 Å². The molecule has 1 heterocycles. The SMILES string of the molecule is Cn1c(CO)nnc1S(C)(=O)=O. The predicted octanol–water partition coefficient (Wildman–Crippen LogP) is -1.29. The van der Waals surface area contributed by atoms with E-state index in [0.29, 0.717) is 0 Å². The minimum absolute atomic E-state index is 0.133. The van der Waals surface area contributed by atoms with Gasteiger partial charge in [0.15, 0.2) is 5.82 Å². The van der Waals surface area contributed by atoms with Crippen LogP contribution in [0.3, 0.4) is 0 Å². The molecule has 0 aliphatic carbocycles. The molecule has 0 unspecified atom stereocenters. The van der Waals surface area contributed by atoms with Gasteiger partial charge in [0.1, 0.15) is 6.61 Å². The zero-order chi connectivity index (χ0) is 9.35. The Kier molecular flexibility index (Phi) is 2.16. The quantitative estimate of drug-likeness (QED) is 0.628. The summed E-state index contributed by atoms with van der Waals surface area (Å²) in [5.41, 5.74) is 0. The first kappa shape index (κ1) is 9.14. The number of hydrogen-bond acceptors (Lipinski definition) is 5. The Balaban J connectivity index is 3.30. The Hall–Kier alpha value is -0.950. The normalized spacial score (nSPS) is 11.9. The maximum atomic E-state index is 11.0. The van der Waals surface area contributed by atoms with Crippen LogP contribution in [0.1, 0.15) is 5.82 Å². The van der Waals surface area contributed by atoms with Crippen molar-refractivity contribution in [2.75, 3.05) is 6.26 Å². The summed E-state index contributed by atoms with van der Waals surface area (Å²) in [5, 5.41) is 15.5. The smallest absolute Gasteiger partial charge is 0.249 e. The molecule has 0 spiro atoms. The van der Waals surface area contributed by atoms with Gasteiger partial charge in [-0.05, 0) is 0 Å². The van der Waals surface area contributed by atoms with Crippen LogP contribution in [0.15, 0.2) is 5.16 Å². The van der Waals surface area contributed by atoms with E-state index >= 15 is 0 Å². The van der Waals surface area contributed by atoms with Crippen molar-refractivity contribution < 1.29 is 13.5 Å². The molecular weight excluding hydrogens is 182 g/mol. The Labute approximate surface area is 69.8 Å². The third-order valence-corrected chi connectivity index (χ3v) is 2.42. The summed E-state index contributed by atoms with van der Waals surface area (Å²) < 4.78 is 23.2. The molecule has 0 atom stereocenters. The molecule has 7 heteroatoms. The second-order valence-corrected chi connectivity index (χ2v) is 4.30. The topological polar surface area (TPSA) is 85.1 Å². The highest BCUT2D eigenvalue weighted by atomic mass is 32.2. The van der Waals surface area contributed by atoms with Crippen LogP contribution in [0.5, 0.6) is 0 Å². The van der Waals surface area contributed by atoms with Crippen molar-refractivity contribution in [3.8, 4) is 0 Å². The van der Waals surface area contributed by atoms with Gasteiger partial charge in [0.2, 0.25) is 15.0 Å². The minimum atomic E-state index is -3.34. The highest BCUT2D eigenvalue weighted by molar-refractivity contribution is 7.90. The molecule has 1 aromatic heterocycles. The van der Waals surface area contributed by atoms with Gasteiger partial charge in [-0.1, -0.05) is 0 Å². The van der Waals surface area contributed by atoms with E-state index < -0.39 is 9.84 Å².